The van der Waals surface area contributed by atoms with E-state index in [0.717, 1.165) is 15.4 Å². The van der Waals surface area contributed by atoms with Crippen molar-refractivity contribution in [2.75, 3.05) is 5.73 Å². The molecule has 0 aliphatic rings. The number of nitrogens with two attached hydrogens (primary N) is 1. The lowest BCUT2D eigenvalue weighted by atomic mass is 10.2. The van der Waals surface area contributed by atoms with E-state index in [9.17, 15) is 0 Å². The van der Waals surface area contributed by atoms with E-state index in [-0.39, 0.29) is 24.8 Å². The van der Waals surface area contributed by atoms with Crippen molar-refractivity contribution in [2.45, 2.75) is 0 Å². The number of pyridine rings is 1. The number of halogens is 3. The number of nitrogens with zero attached hydrogens (tertiary/aromatic N) is 1. The van der Waals surface area contributed by atoms with Crippen LogP contribution in [0.5, 0.6) is 0 Å². The number of rotatable bonds is 0. The molecule has 0 bridgehead atoms. The number of hydrogen-bond donors (Lipinski definition) is 1. The van der Waals surface area contributed by atoms with Crippen molar-refractivity contribution in [2.24, 2.45) is 0 Å². The second-order valence-electron chi connectivity index (χ2n) is 2.61. The molecular weight excluding hydrogens is 287 g/mol. The van der Waals surface area contributed by atoms with Crippen LogP contribution in [-0.4, -0.2) is 4.98 Å². The van der Waals surface area contributed by atoms with Crippen molar-refractivity contribution < 1.29 is 0 Å². The summed E-state index contributed by atoms with van der Waals surface area (Å²) < 4.78 is 1.04. The Balaban J connectivity index is 0.000000845. The lowest BCUT2D eigenvalue weighted by molar-refractivity contribution is 1.41. The van der Waals surface area contributed by atoms with Crippen LogP contribution in [0.3, 0.4) is 0 Å². The molecule has 0 fully saturated rings. The van der Waals surface area contributed by atoms with Crippen LogP contribution in [-0.2, 0) is 0 Å². The molecule has 1 aromatic carbocycles. The maximum absolute atomic E-state index is 5.60. The highest BCUT2D eigenvalue weighted by atomic mass is 79.9. The molecule has 2 rings (SSSR count). The summed E-state index contributed by atoms with van der Waals surface area (Å²) >= 11 is 3.39. The van der Waals surface area contributed by atoms with Gasteiger partial charge in [-0.1, -0.05) is 15.9 Å². The van der Waals surface area contributed by atoms with Gasteiger partial charge in [-0.15, -0.1) is 24.8 Å². The summed E-state index contributed by atoms with van der Waals surface area (Å²) in [6.45, 7) is 0. The van der Waals surface area contributed by atoms with E-state index in [0.29, 0.717) is 5.69 Å². The molecule has 2 nitrogen and oxygen atoms in total. The van der Waals surface area contributed by atoms with Gasteiger partial charge in [-0.05, 0) is 24.3 Å². The fourth-order valence-electron chi connectivity index (χ4n) is 1.12. The van der Waals surface area contributed by atoms with Gasteiger partial charge < -0.3 is 5.73 Å². The van der Waals surface area contributed by atoms with Crippen molar-refractivity contribution in [3.05, 3.63) is 34.9 Å². The maximum atomic E-state index is 5.60. The lowest BCUT2D eigenvalue weighted by Gasteiger charge is -1.98. The van der Waals surface area contributed by atoms with Gasteiger partial charge in [-0.25, -0.2) is 0 Å². The molecule has 5 heteroatoms. The van der Waals surface area contributed by atoms with Crippen LogP contribution in [0.4, 0.5) is 5.69 Å². The Hall–Kier alpha value is -0.510. The van der Waals surface area contributed by atoms with E-state index in [1.54, 1.807) is 6.20 Å². The molecule has 1 heterocycles. The second kappa shape index (κ2) is 5.39. The number of aromatic nitrogens is 1. The van der Waals surface area contributed by atoms with Crippen molar-refractivity contribution in [3.63, 3.8) is 0 Å². The largest absolute Gasteiger partial charge is 0.397 e. The first-order valence-corrected chi connectivity index (χ1v) is 4.36. The molecule has 0 unspecified atom stereocenters. The molecule has 2 aromatic rings. The molecule has 0 amide bonds. The minimum absolute atomic E-state index is 0. The summed E-state index contributed by atoms with van der Waals surface area (Å²) in [5.74, 6) is 0. The summed E-state index contributed by atoms with van der Waals surface area (Å²) in [7, 11) is 0. The van der Waals surface area contributed by atoms with Gasteiger partial charge in [0.15, 0.2) is 0 Å². The third-order valence-electron chi connectivity index (χ3n) is 1.66. The number of anilines is 1. The number of nitrogen functional groups attached to an aromatic ring is 1. The first-order valence-electron chi connectivity index (χ1n) is 3.56. The molecule has 0 radical (unpaired) electrons. The molecular formula is C9H9BrCl2N2. The first-order chi connectivity index (χ1) is 5.75. The highest BCUT2D eigenvalue weighted by Gasteiger charge is 1.95. The number of hydrogen-bond acceptors (Lipinski definition) is 2. The van der Waals surface area contributed by atoms with Crippen LogP contribution in [0.15, 0.2) is 34.9 Å². The van der Waals surface area contributed by atoms with Crippen molar-refractivity contribution in [3.8, 4) is 0 Å². The quantitative estimate of drug-likeness (QED) is 0.809. The smallest absolute Gasteiger partial charge is 0.0704 e. The maximum Gasteiger partial charge on any atom is 0.0704 e. The van der Waals surface area contributed by atoms with Gasteiger partial charge in [-0.3, -0.25) is 4.98 Å². The van der Waals surface area contributed by atoms with Crippen LogP contribution >= 0.6 is 40.7 Å². The molecule has 14 heavy (non-hydrogen) atoms. The fraction of sp³-hybridized carbons (Fsp3) is 0. The van der Waals surface area contributed by atoms with Gasteiger partial charge in [-0.2, -0.15) is 0 Å². The molecule has 0 aliphatic heterocycles. The topological polar surface area (TPSA) is 38.9 Å². The molecule has 0 spiro atoms. The predicted molar refractivity (Wildman–Crippen MR) is 68.4 cm³/mol. The van der Waals surface area contributed by atoms with Gasteiger partial charge in [0.05, 0.1) is 17.4 Å². The van der Waals surface area contributed by atoms with Gasteiger partial charge in [0.2, 0.25) is 0 Å². The molecule has 0 atom stereocenters. The third-order valence-corrected chi connectivity index (χ3v) is 2.16. The Labute approximate surface area is 103 Å². The first kappa shape index (κ1) is 13.5. The van der Waals surface area contributed by atoms with Crippen LogP contribution in [0.25, 0.3) is 10.9 Å². The van der Waals surface area contributed by atoms with Gasteiger partial charge in [0, 0.05) is 9.86 Å². The zero-order valence-corrected chi connectivity index (χ0v) is 10.3. The molecule has 0 aliphatic carbocycles. The van der Waals surface area contributed by atoms with Crippen LogP contribution in [0.2, 0.25) is 0 Å². The Bertz CT molecular complexity index is 397. The third kappa shape index (κ3) is 2.74. The monoisotopic (exact) mass is 294 g/mol. The summed E-state index contributed by atoms with van der Waals surface area (Å²) in [5, 5.41) is 1.06. The van der Waals surface area contributed by atoms with Gasteiger partial charge in [0.25, 0.3) is 0 Å². The Morgan fingerprint density at radius 1 is 1.14 bits per heavy atom. The summed E-state index contributed by atoms with van der Waals surface area (Å²) in [5.41, 5.74) is 7.26. The summed E-state index contributed by atoms with van der Waals surface area (Å²) in [6, 6.07) is 7.83. The minimum atomic E-state index is 0. The number of benzene rings is 1. The van der Waals surface area contributed by atoms with Crippen LogP contribution in [0.1, 0.15) is 0 Å². The predicted octanol–water partition coefficient (Wildman–Crippen LogP) is 3.42. The fourth-order valence-corrected chi connectivity index (χ4v) is 1.50. The Morgan fingerprint density at radius 3 is 2.57 bits per heavy atom. The molecule has 0 saturated heterocycles. The molecule has 76 valence electrons. The second-order valence-corrected chi connectivity index (χ2v) is 3.52. The Morgan fingerprint density at radius 2 is 1.86 bits per heavy atom. The van der Waals surface area contributed by atoms with E-state index in [1.807, 2.05) is 24.3 Å². The Kier molecular flexibility index (Phi) is 5.19. The standard InChI is InChI=1S/C9H7BrN2.2ClH/c10-7-1-2-9-6(3-7)4-8(11)5-12-9;;/h1-5H,11H2;2*1H. The van der Waals surface area contributed by atoms with E-state index in [2.05, 4.69) is 20.9 Å². The van der Waals surface area contributed by atoms with Crippen molar-refractivity contribution >= 4 is 57.3 Å². The van der Waals surface area contributed by atoms with Crippen molar-refractivity contribution in [1.29, 1.82) is 0 Å². The normalized spacial score (nSPS) is 8.93. The molecule has 1 aromatic heterocycles. The van der Waals surface area contributed by atoms with E-state index in [4.69, 9.17) is 5.73 Å². The summed E-state index contributed by atoms with van der Waals surface area (Å²) in [4.78, 5) is 4.18. The average Bonchev–Trinajstić information content (AvgIpc) is 2.03. The average molecular weight is 296 g/mol. The zero-order chi connectivity index (χ0) is 8.55. The van der Waals surface area contributed by atoms with E-state index in [1.165, 1.54) is 0 Å². The molecule has 0 saturated carbocycles. The SMILES string of the molecule is Cl.Cl.Nc1cnc2ccc(Br)cc2c1. The summed E-state index contributed by atoms with van der Waals surface area (Å²) in [6.07, 6.45) is 1.66. The number of fused-ring (bicyclic) bond motifs is 1. The van der Waals surface area contributed by atoms with Gasteiger partial charge in [0.1, 0.15) is 0 Å². The zero-order valence-electron chi connectivity index (χ0n) is 7.11. The lowest BCUT2D eigenvalue weighted by Crippen LogP contribution is -1.86. The van der Waals surface area contributed by atoms with E-state index >= 15 is 0 Å². The highest BCUT2D eigenvalue weighted by Crippen LogP contribution is 2.19. The van der Waals surface area contributed by atoms with Crippen LogP contribution in [0, 0.1) is 0 Å². The molecule has 2 N–H and O–H groups in total. The highest BCUT2D eigenvalue weighted by molar-refractivity contribution is 9.10. The van der Waals surface area contributed by atoms with Gasteiger partial charge >= 0.3 is 0 Å². The van der Waals surface area contributed by atoms with Crippen LogP contribution < -0.4 is 5.73 Å². The van der Waals surface area contributed by atoms with Crippen molar-refractivity contribution in [1.82, 2.24) is 4.98 Å². The van der Waals surface area contributed by atoms with E-state index < -0.39 is 0 Å². The minimum Gasteiger partial charge on any atom is -0.397 e.